The molecule has 0 spiro atoms. The highest BCUT2D eigenvalue weighted by Gasteiger charge is 2.39. The van der Waals surface area contributed by atoms with Gasteiger partial charge in [0.25, 0.3) is 0 Å². The molecule has 3 rings (SSSR count). The predicted molar refractivity (Wildman–Crippen MR) is 65.5 cm³/mol. The molecule has 0 aliphatic heterocycles. The van der Waals surface area contributed by atoms with Gasteiger partial charge in [0.05, 0.1) is 6.26 Å². The first-order valence-electron chi connectivity index (χ1n) is 6.35. The second-order valence-electron chi connectivity index (χ2n) is 5.85. The average Bonchev–Trinajstić information content (AvgIpc) is 2.57. The minimum Gasteiger partial charge on any atom is -0.469 e. The lowest BCUT2D eigenvalue weighted by Crippen LogP contribution is -2.31. The Balaban J connectivity index is 2.12. The van der Waals surface area contributed by atoms with E-state index in [0.29, 0.717) is 5.41 Å². The molecule has 0 radical (unpaired) electrons. The molecule has 0 saturated heterocycles. The zero-order chi connectivity index (χ0) is 11.3. The molecule has 86 valence electrons. The highest BCUT2D eigenvalue weighted by atomic mass is 16.3. The quantitative estimate of drug-likeness (QED) is 0.592. The molecule has 2 aliphatic rings. The van der Waals surface area contributed by atoms with Crippen LogP contribution in [-0.4, -0.2) is 0 Å². The Bertz CT molecular complexity index is 464. The van der Waals surface area contributed by atoms with Gasteiger partial charge >= 0.3 is 0 Å². The first kappa shape index (κ1) is 10.2. The summed E-state index contributed by atoms with van der Waals surface area (Å²) in [5.74, 6) is 1.25. The lowest BCUT2D eigenvalue weighted by molar-refractivity contribution is 0.283. The van der Waals surface area contributed by atoms with Crippen molar-refractivity contribution in [3.8, 4) is 0 Å². The topological polar surface area (TPSA) is 13.1 Å². The number of hydrogen-bond acceptors (Lipinski definition) is 1. The van der Waals surface area contributed by atoms with Gasteiger partial charge in [-0.15, -0.1) is 0 Å². The normalized spacial score (nSPS) is 28.9. The van der Waals surface area contributed by atoms with Crippen LogP contribution in [0.25, 0.3) is 0 Å². The van der Waals surface area contributed by atoms with Gasteiger partial charge in [-0.3, -0.25) is 0 Å². The smallest absolute Gasteiger partial charge is 0.108 e. The lowest BCUT2D eigenvalue weighted by Gasteiger charge is -2.40. The van der Waals surface area contributed by atoms with Gasteiger partial charge in [0.2, 0.25) is 0 Å². The standard InChI is InChI=1S/C15H20O/c1-10-5-4-6-15(3)8-14-12(7-13(10)15)11(2)9-16-14/h9H,4-8H2,1-3H3/t15-/m1/s1. The fourth-order valence-corrected chi connectivity index (χ4v) is 3.56. The lowest BCUT2D eigenvalue weighted by atomic mass is 9.64. The Hall–Kier alpha value is -0.980. The Kier molecular flexibility index (Phi) is 2.07. The minimum absolute atomic E-state index is 0.389. The van der Waals surface area contributed by atoms with Crippen molar-refractivity contribution in [1.82, 2.24) is 0 Å². The molecule has 0 fully saturated rings. The first-order valence-corrected chi connectivity index (χ1v) is 6.35. The van der Waals surface area contributed by atoms with Crippen LogP contribution in [-0.2, 0) is 12.8 Å². The van der Waals surface area contributed by atoms with E-state index in [1.807, 2.05) is 6.26 Å². The summed E-state index contributed by atoms with van der Waals surface area (Å²) < 4.78 is 5.71. The summed E-state index contributed by atoms with van der Waals surface area (Å²) in [7, 11) is 0. The van der Waals surface area contributed by atoms with Gasteiger partial charge in [-0.25, -0.2) is 0 Å². The number of furan rings is 1. The molecule has 2 aliphatic carbocycles. The van der Waals surface area contributed by atoms with E-state index in [-0.39, 0.29) is 0 Å². The van der Waals surface area contributed by atoms with E-state index >= 15 is 0 Å². The van der Waals surface area contributed by atoms with Gasteiger partial charge in [0.15, 0.2) is 0 Å². The molecule has 0 bridgehead atoms. The van der Waals surface area contributed by atoms with Crippen LogP contribution in [0.4, 0.5) is 0 Å². The van der Waals surface area contributed by atoms with Crippen LogP contribution >= 0.6 is 0 Å². The Morgan fingerprint density at radius 1 is 1.31 bits per heavy atom. The summed E-state index contributed by atoms with van der Waals surface area (Å²) in [6.45, 7) is 6.92. The van der Waals surface area contributed by atoms with E-state index in [1.165, 1.54) is 36.1 Å². The molecule has 16 heavy (non-hydrogen) atoms. The summed E-state index contributed by atoms with van der Waals surface area (Å²) >= 11 is 0. The molecule has 1 aromatic rings. The van der Waals surface area contributed by atoms with E-state index < -0.39 is 0 Å². The third-order valence-corrected chi connectivity index (χ3v) is 4.62. The zero-order valence-corrected chi connectivity index (χ0v) is 10.5. The van der Waals surface area contributed by atoms with Gasteiger partial charge < -0.3 is 4.42 Å². The maximum absolute atomic E-state index is 5.71. The molecule has 0 saturated carbocycles. The maximum atomic E-state index is 5.71. The number of fused-ring (bicyclic) bond motifs is 2. The highest BCUT2D eigenvalue weighted by Crippen LogP contribution is 2.48. The molecule has 1 heteroatoms. The first-order chi connectivity index (χ1) is 7.60. The zero-order valence-electron chi connectivity index (χ0n) is 10.5. The maximum Gasteiger partial charge on any atom is 0.108 e. The molecule has 1 heterocycles. The number of rotatable bonds is 0. The van der Waals surface area contributed by atoms with E-state index in [2.05, 4.69) is 20.8 Å². The molecule has 1 aromatic heterocycles. The molecule has 0 unspecified atom stereocenters. The SMILES string of the molecule is CC1=C2Cc3c(C)coc3C[C@@]2(C)CCC1. The van der Waals surface area contributed by atoms with Crippen LogP contribution in [0.2, 0.25) is 0 Å². The number of allylic oxidation sites excluding steroid dienone is 2. The molecule has 0 amide bonds. The van der Waals surface area contributed by atoms with E-state index in [4.69, 9.17) is 4.42 Å². The van der Waals surface area contributed by atoms with Gasteiger partial charge in [0, 0.05) is 12.0 Å². The highest BCUT2D eigenvalue weighted by molar-refractivity contribution is 5.41. The number of hydrogen-bond donors (Lipinski definition) is 0. The molecule has 1 nitrogen and oxygen atoms in total. The van der Waals surface area contributed by atoms with Gasteiger partial charge in [-0.05, 0) is 50.5 Å². The van der Waals surface area contributed by atoms with Gasteiger partial charge in [-0.2, -0.15) is 0 Å². The Morgan fingerprint density at radius 2 is 2.12 bits per heavy atom. The molecule has 0 aromatic carbocycles. The van der Waals surface area contributed by atoms with E-state index in [1.54, 1.807) is 11.1 Å². The van der Waals surface area contributed by atoms with Crippen molar-refractivity contribution >= 4 is 0 Å². The summed E-state index contributed by atoms with van der Waals surface area (Å²) in [4.78, 5) is 0. The monoisotopic (exact) mass is 216 g/mol. The van der Waals surface area contributed by atoms with Crippen LogP contribution in [0.1, 0.15) is 50.0 Å². The van der Waals surface area contributed by atoms with Crippen molar-refractivity contribution in [1.29, 1.82) is 0 Å². The van der Waals surface area contributed by atoms with Gasteiger partial charge in [0.1, 0.15) is 5.76 Å². The summed E-state index contributed by atoms with van der Waals surface area (Å²) in [6.07, 6.45) is 8.17. The van der Waals surface area contributed by atoms with Crippen molar-refractivity contribution in [2.45, 2.75) is 52.9 Å². The van der Waals surface area contributed by atoms with Crippen LogP contribution in [0.5, 0.6) is 0 Å². The molecular weight excluding hydrogens is 196 g/mol. The summed E-state index contributed by atoms with van der Waals surface area (Å²) in [5.41, 5.74) is 6.53. The van der Waals surface area contributed by atoms with Crippen molar-refractivity contribution in [3.63, 3.8) is 0 Å². The minimum atomic E-state index is 0.389. The average molecular weight is 216 g/mol. The van der Waals surface area contributed by atoms with Crippen molar-refractivity contribution < 1.29 is 4.42 Å². The third-order valence-electron chi connectivity index (χ3n) is 4.62. The van der Waals surface area contributed by atoms with E-state index in [9.17, 15) is 0 Å². The van der Waals surface area contributed by atoms with Gasteiger partial charge in [-0.1, -0.05) is 18.1 Å². The van der Waals surface area contributed by atoms with Crippen molar-refractivity contribution in [3.05, 3.63) is 34.3 Å². The van der Waals surface area contributed by atoms with Crippen molar-refractivity contribution in [2.75, 3.05) is 0 Å². The molecule has 0 N–H and O–H groups in total. The Morgan fingerprint density at radius 3 is 2.94 bits per heavy atom. The predicted octanol–water partition coefficient (Wildman–Crippen LogP) is 4.19. The number of aryl methyl sites for hydroxylation is 1. The fourth-order valence-electron chi connectivity index (χ4n) is 3.56. The molecular formula is C15H20O. The third kappa shape index (κ3) is 1.30. The van der Waals surface area contributed by atoms with Crippen LogP contribution in [0, 0.1) is 12.3 Å². The van der Waals surface area contributed by atoms with Crippen LogP contribution < -0.4 is 0 Å². The summed E-state index contributed by atoms with van der Waals surface area (Å²) in [6, 6.07) is 0. The largest absolute Gasteiger partial charge is 0.469 e. The fraction of sp³-hybridized carbons (Fsp3) is 0.600. The van der Waals surface area contributed by atoms with Crippen LogP contribution in [0.3, 0.4) is 0 Å². The van der Waals surface area contributed by atoms with E-state index in [0.717, 1.165) is 12.8 Å². The second kappa shape index (κ2) is 3.26. The van der Waals surface area contributed by atoms with Crippen LogP contribution in [0.15, 0.2) is 21.8 Å². The van der Waals surface area contributed by atoms with Crippen molar-refractivity contribution in [2.24, 2.45) is 5.41 Å². The Labute approximate surface area is 97.5 Å². The second-order valence-corrected chi connectivity index (χ2v) is 5.85. The summed E-state index contributed by atoms with van der Waals surface area (Å²) in [5, 5.41) is 0. The molecule has 1 atom stereocenters.